The Morgan fingerprint density at radius 1 is 1.12 bits per heavy atom. The fourth-order valence-corrected chi connectivity index (χ4v) is 2.49. The van der Waals surface area contributed by atoms with Gasteiger partial charge in [0.15, 0.2) is 0 Å². The summed E-state index contributed by atoms with van der Waals surface area (Å²) in [5.41, 5.74) is 2.70. The van der Waals surface area contributed by atoms with Crippen LogP contribution in [0.15, 0.2) is 60.8 Å². The van der Waals surface area contributed by atoms with E-state index >= 15 is 0 Å². The number of hydrogen-bond donors (Lipinski definition) is 1. The minimum atomic E-state index is -0.330. The highest BCUT2D eigenvalue weighted by Crippen LogP contribution is 2.24. The number of halogens is 1. The summed E-state index contributed by atoms with van der Waals surface area (Å²) in [7, 11) is 1.52. The van der Waals surface area contributed by atoms with Gasteiger partial charge >= 0.3 is 0 Å². The summed E-state index contributed by atoms with van der Waals surface area (Å²) in [5.74, 6) is 0.160. The third-order valence-electron chi connectivity index (χ3n) is 3.73. The fraction of sp³-hybridized carbons (Fsp3) is 0.211. The second-order valence-corrected chi connectivity index (χ2v) is 5.51. The molecule has 4 nitrogen and oxygen atoms in total. The van der Waals surface area contributed by atoms with Crippen LogP contribution in [0.4, 0.5) is 4.39 Å². The standard InChI is InChI=1S/C19H20FN3O/c1-24-18-12-16(11-17(20)13-18)19-7-9-23(22-19)10-8-21-14-15-5-3-2-4-6-15/h2-7,9,11-13,21H,8,10,14H2,1H3. The Morgan fingerprint density at radius 2 is 1.96 bits per heavy atom. The van der Waals surface area contributed by atoms with Crippen LogP contribution in [0.3, 0.4) is 0 Å². The van der Waals surface area contributed by atoms with Gasteiger partial charge in [-0.3, -0.25) is 4.68 Å². The molecule has 5 heteroatoms. The van der Waals surface area contributed by atoms with E-state index in [2.05, 4.69) is 22.5 Å². The van der Waals surface area contributed by atoms with E-state index in [9.17, 15) is 4.39 Å². The predicted molar refractivity (Wildman–Crippen MR) is 92.3 cm³/mol. The molecule has 3 rings (SSSR count). The smallest absolute Gasteiger partial charge is 0.127 e. The molecule has 0 spiro atoms. The molecule has 0 amide bonds. The van der Waals surface area contributed by atoms with Crippen LogP contribution in [-0.2, 0) is 13.1 Å². The van der Waals surface area contributed by atoms with E-state index in [0.717, 1.165) is 25.3 Å². The lowest BCUT2D eigenvalue weighted by Crippen LogP contribution is -2.19. The molecule has 0 radical (unpaired) electrons. The second-order valence-electron chi connectivity index (χ2n) is 5.51. The Labute approximate surface area is 140 Å². The summed E-state index contributed by atoms with van der Waals surface area (Å²) >= 11 is 0. The molecular formula is C19H20FN3O. The van der Waals surface area contributed by atoms with E-state index in [-0.39, 0.29) is 5.82 Å². The van der Waals surface area contributed by atoms with Crippen LogP contribution in [0.1, 0.15) is 5.56 Å². The quantitative estimate of drug-likeness (QED) is 0.676. The molecular weight excluding hydrogens is 305 g/mol. The molecule has 0 saturated heterocycles. The topological polar surface area (TPSA) is 39.1 Å². The molecule has 24 heavy (non-hydrogen) atoms. The number of benzene rings is 2. The Morgan fingerprint density at radius 3 is 2.75 bits per heavy atom. The number of ether oxygens (including phenoxy) is 1. The SMILES string of the molecule is COc1cc(F)cc(-c2ccn(CCNCc3ccccc3)n2)c1. The molecule has 124 valence electrons. The minimum Gasteiger partial charge on any atom is -0.497 e. The first kappa shape index (κ1) is 16.2. The molecule has 0 unspecified atom stereocenters. The van der Waals surface area contributed by atoms with Crippen LogP contribution in [-0.4, -0.2) is 23.4 Å². The first-order chi connectivity index (χ1) is 11.7. The molecule has 0 aliphatic rings. The van der Waals surface area contributed by atoms with E-state index in [0.29, 0.717) is 11.3 Å². The van der Waals surface area contributed by atoms with Crippen LogP contribution in [0.2, 0.25) is 0 Å². The van der Waals surface area contributed by atoms with Crippen molar-refractivity contribution in [2.75, 3.05) is 13.7 Å². The lowest BCUT2D eigenvalue weighted by atomic mass is 10.1. The maximum atomic E-state index is 13.6. The molecule has 1 heterocycles. The Balaban J connectivity index is 1.57. The van der Waals surface area contributed by atoms with Crippen molar-refractivity contribution in [2.24, 2.45) is 0 Å². The number of nitrogens with one attached hydrogen (secondary N) is 1. The molecule has 0 fully saturated rings. The Hall–Kier alpha value is -2.66. The molecule has 0 atom stereocenters. The van der Waals surface area contributed by atoms with Gasteiger partial charge in [0.05, 0.1) is 19.3 Å². The molecule has 3 aromatic rings. The van der Waals surface area contributed by atoms with Crippen LogP contribution < -0.4 is 10.1 Å². The summed E-state index contributed by atoms with van der Waals surface area (Å²) in [6.07, 6.45) is 1.90. The van der Waals surface area contributed by atoms with Crippen molar-refractivity contribution >= 4 is 0 Å². The summed E-state index contributed by atoms with van der Waals surface area (Å²) in [5, 5.41) is 7.88. The molecule has 2 aromatic carbocycles. The van der Waals surface area contributed by atoms with Gasteiger partial charge in [0, 0.05) is 30.9 Å². The van der Waals surface area contributed by atoms with Gasteiger partial charge in [0.2, 0.25) is 0 Å². The third kappa shape index (κ3) is 4.20. The Kier molecular flexibility index (Phi) is 5.23. The molecule has 1 aromatic heterocycles. The highest BCUT2D eigenvalue weighted by Gasteiger charge is 2.06. The highest BCUT2D eigenvalue weighted by atomic mass is 19.1. The lowest BCUT2D eigenvalue weighted by molar-refractivity contribution is 0.411. The van der Waals surface area contributed by atoms with Crippen molar-refractivity contribution in [1.82, 2.24) is 15.1 Å². The van der Waals surface area contributed by atoms with Crippen LogP contribution in [0.5, 0.6) is 5.75 Å². The molecule has 0 aliphatic carbocycles. The van der Waals surface area contributed by atoms with E-state index in [1.165, 1.54) is 24.8 Å². The van der Waals surface area contributed by atoms with E-state index in [1.807, 2.05) is 35.1 Å². The average Bonchev–Trinajstić information content (AvgIpc) is 3.08. The van der Waals surface area contributed by atoms with Crippen LogP contribution in [0, 0.1) is 5.82 Å². The first-order valence-electron chi connectivity index (χ1n) is 7.87. The van der Waals surface area contributed by atoms with Crippen molar-refractivity contribution in [3.05, 3.63) is 72.2 Å². The van der Waals surface area contributed by atoms with Crippen LogP contribution in [0.25, 0.3) is 11.3 Å². The zero-order valence-electron chi connectivity index (χ0n) is 13.6. The number of rotatable bonds is 7. The average molecular weight is 325 g/mol. The predicted octanol–water partition coefficient (Wildman–Crippen LogP) is 3.49. The van der Waals surface area contributed by atoms with Crippen LogP contribution >= 0.6 is 0 Å². The molecule has 0 bridgehead atoms. The van der Waals surface area contributed by atoms with E-state index < -0.39 is 0 Å². The van der Waals surface area contributed by atoms with Gasteiger partial charge in [0.1, 0.15) is 11.6 Å². The number of hydrogen-bond acceptors (Lipinski definition) is 3. The lowest BCUT2D eigenvalue weighted by Gasteiger charge is -2.05. The van der Waals surface area contributed by atoms with Crippen molar-refractivity contribution in [2.45, 2.75) is 13.1 Å². The summed E-state index contributed by atoms with van der Waals surface area (Å²) in [6.45, 7) is 2.39. The maximum absolute atomic E-state index is 13.6. The minimum absolute atomic E-state index is 0.330. The van der Waals surface area contributed by atoms with Gasteiger partial charge in [-0.25, -0.2) is 4.39 Å². The maximum Gasteiger partial charge on any atom is 0.127 e. The van der Waals surface area contributed by atoms with Crippen molar-refractivity contribution in [3.63, 3.8) is 0 Å². The van der Waals surface area contributed by atoms with Crippen molar-refractivity contribution in [1.29, 1.82) is 0 Å². The summed E-state index contributed by atoms with van der Waals surface area (Å²) in [6, 6.07) is 16.7. The summed E-state index contributed by atoms with van der Waals surface area (Å²) < 4.78 is 20.5. The molecule has 0 aliphatic heterocycles. The van der Waals surface area contributed by atoms with E-state index in [1.54, 1.807) is 6.07 Å². The third-order valence-corrected chi connectivity index (χ3v) is 3.73. The normalized spacial score (nSPS) is 10.8. The zero-order chi connectivity index (χ0) is 16.8. The fourth-order valence-electron chi connectivity index (χ4n) is 2.49. The first-order valence-corrected chi connectivity index (χ1v) is 7.87. The van der Waals surface area contributed by atoms with Crippen molar-refractivity contribution in [3.8, 4) is 17.0 Å². The highest BCUT2D eigenvalue weighted by molar-refractivity contribution is 5.60. The molecule has 1 N–H and O–H groups in total. The number of methoxy groups -OCH3 is 1. The van der Waals surface area contributed by atoms with Crippen molar-refractivity contribution < 1.29 is 9.13 Å². The number of aromatic nitrogens is 2. The van der Waals surface area contributed by atoms with Gasteiger partial charge < -0.3 is 10.1 Å². The second kappa shape index (κ2) is 7.75. The largest absolute Gasteiger partial charge is 0.497 e. The van der Waals surface area contributed by atoms with Gasteiger partial charge in [-0.1, -0.05) is 30.3 Å². The monoisotopic (exact) mass is 325 g/mol. The summed E-state index contributed by atoms with van der Waals surface area (Å²) in [4.78, 5) is 0. The van der Waals surface area contributed by atoms with Gasteiger partial charge in [0.25, 0.3) is 0 Å². The zero-order valence-corrected chi connectivity index (χ0v) is 13.6. The molecule has 0 saturated carbocycles. The van der Waals surface area contributed by atoms with Gasteiger partial charge in [-0.2, -0.15) is 5.10 Å². The van der Waals surface area contributed by atoms with Gasteiger partial charge in [-0.15, -0.1) is 0 Å². The Bertz CT molecular complexity index is 786. The van der Waals surface area contributed by atoms with Gasteiger partial charge in [-0.05, 0) is 23.8 Å². The number of nitrogens with zero attached hydrogens (tertiary/aromatic N) is 2. The van der Waals surface area contributed by atoms with E-state index in [4.69, 9.17) is 4.74 Å².